The maximum atomic E-state index is 10.8. The molecular weight excluding hydrogens is 238 g/mol. The Labute approximate surface area is 95.6 Å². The average molecular weight is 246 g/mol. The van der Waals surface area contributed by atoms with Crippen molar-refractivity contribution in [3.63, 3.8) is 0 Å². The molecule has 0 saturated carbocycles. The van der Waals surface area contributed by atoms with Crippen LogP contribution in [0.3, 0.4) is 0 Å². The molecule has 1 aromatic rings. The van der Waals surface area contributed by atoms with E-state index in [1.165, 1.54) is 23.9 Å². The lowest BCUT2D eigenvalue weighted by atomic mass is 10.3. The van der Waals surface area contributed by atoms with Gasteiger partial charge in [-0.1, -0.05) is 23.4 Å². The van der Waals surface area contributed by atoms with E-state index in [2.05, 4.69) is 4.98 Å². The molecule has 2 heterocycles. The van der Waals surface area contributed by atoms with Crippen molar-refractivity contribution >= 4 is 29.3 Å². The first kappa shape index (κ1) is 10.7. The summed E-state index contributed by atoms with van der Waals surface area (Å²) in [6, 6.07) is 2.86. The van der Waals surface area contributed by atoms with E-state index < -0.39 is 5.97 Å². The Hall–Kier alpha value is -0.780. The standard InChI is InChI=1S/C9H8ClNO3S/c10-7-1-5(9(12)13)2-8(11-7)15-6-3-14-4-6/h1-2,6H,3-4H2,(H,12,13). The van der Waals surface area contributed by atoms with E-state index in [9.17, 15) is 4.79 Å². The monoisotopic (exact) mass is 245 g/mol. The van der Waals surface area contributed by atoms with Crippen LogP contribution in [0.5, 0.6) is 0 Å². The third-order valence-electron chi connectivity index (χ3n) is 1.91. The lowest BCUT2D eigenvalue weighted by Gasteiger charge is -2.24. The van der Waals surface area contributed by atoms with Crippen molar-refractivity contribution in [2.45, 2.75) is 10.3 Å². The summed E-state index contributed by atoms with van der Waals surface area (Å²) in [6.07, 6.45) is 0. The minimum atomic E-state index is -0.994. The van der Waals surface area contributed by atoms with Gasteiger partial charge in [-0.2, -0.15) is 0 Å². The van der Waals surface area contributed by atoms with Crippen LogP contribution in [-0.2, 0) is 4.74 Å². The largest absolute Gasteiger partial charge is 0.478 e. The second-order valence-electron chi connectivity index (χ2n) is 3.10. The highest BCUT2D eigenvalue weighted by Crippen LogP contribution is 2.28. The summed E-state index contributed by atoms with van der Waals surface area (Å²) in [5.41, 5.74) is 0.165. The Morgan fingerprint density at radius 1 is 1.60 bits per heavy atom. The Kier molecular flexibility index (Phi) is 3.14. The molecule has 1 fully saturated rings. The van der Waals surface area contributed by atoms with Crippen LogP contribution in [0.4, 0.5) is 0 Å². The van der Waals surface area contributed by atoms with Gasteiger partial charge < -0.3 is 9.84 Å². The van der Waals surface area contributed by atoms with Crippen molar-refractivity contribution in [1.82, 2.24) is 4.98 Å². The number of carboxylic acids is 1. The molecule has 0 amide bonds. The minimum absolute atomic E-state index is 0.165. The number of nitrogens with zero attached hydrogens (tertiary/aromatic N) is 1. The molecule has 0 unspecified atom stereocenters. The summed E-state index contributed by atoms with van der Waals surface area (Å²) in [5, 5.41) is 10.0. The van der Waals surface area contributed by atoms with E-state index in [-0.39, 0.29) is 10.7 Å². The summed E-state index contributed by atoms with van der Waals surface area (Å²) < 4.78 is 5.02. The van der Waals surface area contributed by atoms with Crippen LogP contribution in [0.25, 0.3) is 0 Å². The molecule has 1 aromatic heterocycles. The Balaban J connectivity index is 2.18. The maximum absolute atomic E-state index is 10.8. The fourth-order valence-corrected chi connectivity index (χ4v) is 2.38. The van der Waals surface area contributed by atoms with Crippen molar-refractivity contribution in [1.29, 1.82) is 0 Å². The van der Waals surface area contributed by atoms with Gasteiger partial charge in [-0.25, -0.2) is 9.78 Å². The van der Waals surface area contributed by atoms with E-state index in [0.717, 1.165) is 0 Å². The normalized spacial score (nSPS) is 16.1. The molecule has 0 aliphatic carbocycles. The van der Waals surface area contributed by atoms with Crippen molar-refractivity contribution in [2.24, 2.45) is 0 Å². The van der Waals surface area contributed by atoms with Crippen LogP contribution >= 0.6 is 23.4 Å². The van der Waals surface area contributed by atoms with Crippen LogP contribution in [0, 0.1) is 0 Å². The Bertz CT molecular complexity index is 395. The van der Waals surface area contributed by atoms with Gasteiger partial charge in [0.25, 0.3) is 0 Å². The predicted octanol–water partition coefficient (Wildman–Crippen LogP) is 1.92. The lowest BCUT2D eigenvalue weighted by molar-refractivity contribution is 0.0454. The van der Waals surface area contributed by atoms with E-state index in [0.29, 0.717) is 23.5 Å². The molecule has 6 heteroatoms. The zero-order chi connectivity index (χ0) is 10.8. The number of carbonyl (C=O) groups is 1. The zero-order valence-electron chi connectivity index (χ0n) is 7.64. The summed E-state index contributed by atoms with van der Waals surface area (Å²) >= 11 is 7.21. The fourth-order valence-electron chi connectivity index (χ4n) is 1.11. The number of thioether (sulfide) groups is 1. The number of hydrogen-bond donors (Lipinski definition) is 1. The van der Waals surface area contributed by atoms with Crippen LogP contribution in [0.2, 0.25) is 5.15 Å². The van der Waals surface area contributed by atoms with Gasteiger partial charge in [0.05, 0.1) is 29.1 Å². The van der Waals surface area contributed by atoms with Gasteiger partial charge in [-0.05, 0) is 12.1 Å². The first-order chi connectivity index (χ1) is 7.15. The number of rotatable bonds is 3. The molecule has 1 saturated heterocycles. The lowest BCUT2D eigenvalue weighted by Crippen LogP contribution is -2.30. The third kappa shape index (κ3) is 2.62. The van der Waals surface area contributed by atoms with E-state index in [1.807, 2.05) is 0 Å². The highest BCUT2D eigenvalue weighted by molar-refractivity contribution is 8.00. The zero-order valence-corrected chi connectivity index (χ0v) is 9.22. The first-order valence-electron chi connectivity index (χ1n) is 4.30. The summed E-state index contributed by atoms with van der Waals surface area (Å²) in [7, 11) is 0. The summed E-state index contributed by atoms with van der Waals surface area (Å²) in [4.78, 5) is 14.8. The molecule has 1 aliphatic rings. The van der Waals surface area contributed by atoms with Crippen molar-refractivity contribution in [2.75, 3.05) is 13.2 Å². The molecule has 0 aromatic carbocycles. The minimum Gasteiger partial charge on any atom is -0.478 e. The van der Waals surface area contributed by atoms with E-state index in [1.54, 1.807) is 0 Å². The maximum Gasteiger partial charge on any atom is 0.335 e. The molecule has 80 valence electrons. The third-order valence-corrected chi connectivity index (χ3v) is 3.16. The second-order valence-corrected chi connectivity index (χ2v) is 4.81. The van der Waals surface area contributed by atoms with Gasteiger partial charge in [0, 0.05) is 0 Å². The number of aromatic carboxylic acids is 1. The quantitative estimate of drug-likeness (QED) is 0.825. The topological polar surface area (TPSA) is 59.4 Å². The highest BCUT2D eigenvalue weighted by Gasteiger charge is 2.21. The van der Waals surface area contributed by atoms with Gasteiger partial charge >= 0.3 is 5.97 Å². The van der Waals surface area contributed by atoms with Gasteiger partial charge in [-0.3, -0.25) is 0 Å². The number of pyridine rings is 1. The smallest absolute Gasteiger partial charge is 0.335 e. The number of carboxylic acid groups (broad SMARTS) is 1. The molecular formula is C9H8ClNO3S. The molecule has 1 aliphatic heterocycles. The molecule has 1 N–H and O–H groups in total. The van der Waals surface area contributed by atoms with Crippen molar-refractivity contribution in [3.8, 4) is 0 Å². The molecule has 4 nitrogen and oxygen atoms in total. The Morgan fingerprint density at radius 3 is 2.87 bits per heavy atom. The van der Waals surface area contributed by atoms with Crippen molar-refractivity contribution < 1.29 is 14.6 Å². The summed E-state index contributed by atoms with van der Waals surface area (Å²) in [6.45, 7) is 1.36. The number of halogens is 1. The molecule has 0 spiro atoms. The molecule has 2 rings (SSSR count). The van der Waals surface area contributed by atoms with Crippen LogP contribution in [-0.4, -0.2) is 34.5 Å². The van der Waals surface area contributed by atoms with Gasteiger partial charge in [-0.15, -0.1) is 0 Å². The molecule has 15 heavy (non-hydrogen) atoms. The molecule has 0 bridgehead atoms. The van der Waals surface area contributed by atoms with Gasteiger partial charge in [0.1, 0.15) is 5.15 Å². The highest BCUT2D eigenvalue weighted by atomic mass is 35.5. The number of ether oxygens (including phenoxy) is 1. The number of hydrogen-bond acceptors (Lipinski definition) is 4. The SMILES string of the molecule is O=C(O)c1cc(Cl)nc(SC2COC2)c1. The average Bonchev–Trinajstić information content (AvgIpc) is 2.10. The number of aromatic nitrogens is 1. The second kappa shape index (κ2) is 4.38. The van der Waals surface area contributed by atoms with E-state index >= 15 is 0 Å². The van der Waals surface area contributed by atoms with E-state index in [4.69, 9.17) is 21.4 Å². The predicted molar refractivity (Wildman–Crippen MR) is 56.7 cm³/mol. The van der Waals surface area contributed by atoms with Gasteiger partial charge in [0.15, 0.2) is 0 Å². The first-order valence-corrected chi connectivity index (χ1v) is 5.56. The molecule has 0 radical (unpaired) electrons. The van der Waals surface area contributed by atoms with Crippen LogP contribution in [0.1, 0.15) is 10.4 Å². The van der Waals surface area contributed by atoms with Crippen molar-refractivity contribution in [3.05, 3.63) is 22.8 Å². The fraction of sp³-hybridized carbons (Fsp3) is 0.333. The Morgan fingerprint density at radius 2 is 2.33 bits per heavy atom. The van der Waals surface area contributed by atoms with Crippen LogP contribution < -0.4 is 0 Å². The molecule has 0 atom stereocenters. The summed E-state index contributed by atoms with van der Waals surface area (Å²) in [5.74, 6) is -0.994. The van der Waals surface area contributed by atoms with Crippen LogP contribution in [0.15, 0.2) is 17.2 Å². The van der Waals surface area contributed by atoms with Gasteiger partial charge in [0.2, 0.25) is 0 Å².